The van der Waals surface area contributed by atoms with E-state index in [9.17, 15) is 0 Å². The topological polar surface area (TPSA) is 24.8 Å². The molecule has 1 fully saturated rings. The third kappa shape index (κ3) is 2.82. The Kier molecular flexibility index (Phi) is 3.59. The summed E-state index contributed by atoms with van der Waals surface area (Å²) in [5.74, 6) is 0.784. The molecule has 2 heterocycles. The molecular formula is C10H15BrN2O. The maximum absolute atomic E-state index is 5.34. The van der Waals surface area contributed by atoms with E-state index in [0.29, 0.717) is 0 Å². The molecule has 2 aliphatic rings. The van der Waals surface area contributed by atoms with E-state index in [1.54, 1.807) is 0 Å². The van der Waals surface area contributed by atoms with Gasteiger partial charge < -0.3 is 9.64 Å². The third-order valence-electron chi connectivity index (χ3n) is 2.65. The van der Waals surface area contributed by atoms with Crippen LogP contribution in [0.15, 0.2) is 15.8 Å². The summed E-state index contributed by atoms with van der Waals surface area (Å²) >= 11 is 3.39. The first kappa shape index (κ1) is 10.2. The van der Waals surface area contributed by atoms with Gasteiger partial charge in [0.15, 0.2) is 0 Å². The maximum Gasteiger partial charge on any atom is 0.121 e. The van der Waals surface area contributed by atoms with Crippen LogP contribution in [-0.2, 0) is 4.74 Å². The number of halogens is 1. The number of hydrogen-bond donors (Lipinski definition) is 0. The molecule has 0 aliphatic carbocycles. The van der Waals surface area contributed by atoms with Crippen molar-refractivity contribution >= 4 is 22.1 Å². The SMILES string of the molecule is BrC1=CN(CC2CCOCC2)CC=N1. The van der Waals surface area contributed by atoms with Crippen LogP contribution >= 0.6 is 15.9 Å². The van der Waals surface area contributed by atoms with Gasteiger partial charge >= 0.3 is 0 Å². The highest BCUT2D eigenvalue weighted by atomic mass is 79.9. The second kappa shape index (κ2) is 4.94. The van der Waals surface area contributed by atoms with Crippen molar-refractivity contribution in [2.75, 3.05) is 26.3 Å². The Morgan fingerprint density at radius 2 is 2.29 bits per heavy atom. The molecule has 3 nitrogen and oxygen atoms in total. The van der Waals surface area contributed by atoms with E-state index in [-0.39, 0.29) is 0 Å². The van der Waals surface area contributed by atoms with E-state index >= 15 is 0 Å². The number of nitrogens with zero attached hydrogens (tertiary/aromatic N) is 2. The summed E-state index contributed by atoms with van der Waals surface area (Å²) < 4.78 is 6.27. The molecule has 78 valence electrons. The maximum atomic E-state index is 5.34. The highest BCUT2D eigenvalue weighted by Gasteiger charge is 2.16. The summed E-state index contributed by atoms with van der Waals surface area (Å²) in [5, 5.41) is 0. The Bertz CT molecular complexity index is 247. The summed E-state index contributed by atoms with van der Waals surface area (Å²) in [6.45, 7) is 3.92. The van der Waals surface area contributed by atoms with Crippen LogP contribution in [0.2, 0.25) is 0 Å². The van der Waals surface area contributed by atoms with E-state index in [2.05, 4.69) is 32.0 Å². The fraction of sp³-hybridized carbons (Fsp3) is 0.700. The average Bonchev–Trinajstić information content (AvgIpc) is 2.19. The Labute approximate surface area is 93.0 Å². The van der Waals surface area contributed by atoms with E-state index < -0.39 is 0 Å². The van der Waals surface area contributed by atoms with Crippen LogP contribution in [0.1, 0.15) is 12.8 Å². The van der Waals surface area contributed by atoms with Crippen molar-refractivity contribution in [1.82, 2.24) is 4.90 Å². The van der Waals surface area contributed by atoms with Crippen molar-refractivity contribution in [3.05, 3.63) is 10.8 Å². The minimum absolute atomic E-state index is 0.784. The molecular weight excluding hydrogens is 244 g/mol. The molecule has 0 atom stereocenters. The van der Waals surface area contributed by atoms with Crippen LogP contribution in [0.5, 0.6) is 0 Å². The quantitative estimate of drug-likeness (QED) is 0.708. The van der Waals surface area contributed by atoms with Crippen LogP contribution < -0.4 is 0 Å². The third-order valence-corrected chi connectivity index (χ3v) is 3.06. The van der Waals surface area contributed by atoms with Gasteiger partial charge in [0.05, 0.1) is 6.54 Å². The number of hydrogen-bond acceptors (Lipinski definition) is 3. The highest BCUT2D eigenvalue weighted by Crippen LogP contribution is 2.18. The summed E-state index contributed by atoms with van der Waals surface area (Å²) in [5.41, 5.74) is 0. The van der Waals surface area contributed by atoms with Crippen molar-refractivity contribution in [1.29, 1.82) is 0 Å². The van der Waals surface area contributed by atoms with Crippen molar-refractivity contribution in [3.8, 4) is 0 Å². The van der Waals surface area contributed by atoms with Crippen LogP contribution in [-0.4, -0.2) is 37.4 Å². The Morgan fingerprint density at radius 3 is 3.00 bits per heavy atom. The fourth-order valence-electron chi connectivity index (χ4n) is 1.86. The van der Waals surface area contributed by atoms with Crippen LogP contribution in [0, 0.1) is 5.92 Å². The van der Waals surface area contributed by atoms with Gasteiger partial charge in [-0.15, -0.1) is 0 Å². The lowest BCUT2D eigenvalue weighted by Crippen LogP contribution is -2.31. The molecule has 0 unspecified atom stereocenters. The predicted molar refractivity (Wildman–Crippen MR) is 60.6 cm³/mol. The lowest BCUT2D eigenvalue weighted by Gasteiger charge is -2.29. The molecule has 14 heavy (non-hydrogen) atoms. The average molecular weight is 259 g/mol. The summed E-state index contributed by atoms with van der Waals surface area (Å²) in [4.78, 5) is 6.47. The molecule has 0 aromatic carbocycles. The lowest BCUT2D eigenvalue weighted by molar-refractivity contribution is 0.0590. The molecule has 4 heteroatoms. The van der Waals surface area contributed by atoms with Crippen molar-refractivity contribution < 1.29 is 4.74 Å². The standard InChI is InChI=1S/C10H15BrN2O/c11-10-8-13(4-3-12-10)7-9-1-5-14-6-2-9/h3,8-9H,1-2,4-7H2. The summed E-state index contributed by atoms with van der Waals surface area (Å²) in [6.07, 6.45) is 6.41. The van der Waals surface area contributed by atoms with Gasteiger partial charge in [0, 0.05) is 32.2 Å². The van der Waals surface area contributed by atoms with Gasteiger partial charge in [-0.2, -0.15) is 0 Å². The van der Waals surface area contributed by atoms with Crippen molar-refractivity contribution in [2.24, 2.45) is 10.9 Å². The number of rotatable bonds is 2. The van der Waals surface area contributed by atoms with E-state index in [0.717, 1.165) is 36.8 Å². The molecule has 0 spiro atoms. The number of ether oxygens (including phenoxy) is 1. The smallest absolute Gasteiger partial charge is 0.121 e. The summed E-state index contributed by atoms with van der Waals surface area (Å²) in [7, 11) is 0. The molecule has 0 saturated carbocycles. The molecule has 0 aromatic rings. The van der Waals surface area contributed by atoms with Gasteiger partial charge in [0.2, 0.25) is 0 Å². The Balaban J connectivity index is 1.82. The van der Waals surface area contributed by atoms with Crippen LogP contribution in [0.25, 0.3) is 0 Å². The molecule has 0 bridgehead atoms. The largest absolute Gasteiger partial charge is 0.381 e. The van der Waals surface area contributed by atoms with Crippen LogP contribution in [0.4, 0.5) is 0 Å². The minimum atomic E-state index is 0.784. The van der Waals surface area contributed by atoms with E-state index in [1.165, 1.54) is 12.8 Å². The first-order valence-corrected chi connectivity index (χ1v) is 5.85. The van der Waals surface area contributed by atoms with Gasteiger partial charge in [0.1, 0.15) is 4.61 Å². The number of aliphatic imine (C=N–C) groups is 1. The zero-order chi connectivity index (χ0) is 9.80. The molecule has 0 N–H and O–H groups in total. The van der Waals surface area contributed by atoms with Gasteiger partial charge in [-0.05, 0) is 34.7 Å². The first-order valence-electron chi connectivity index (χ1n) is 5.06. The molecule has 2 rings (SSSR count). The second-order valence-electron chi connectivity index (χ2n) is 3.77. The second-order valence-corrected chi connectivity index (χ2v) is 4.59. The molecule has 2 aliphatic heterocycles. The lowest BCUT2D eigenvalue weighted by atomic mass is 10.00. The fourth-order valence-corrected chi connectivity index (χ4v) is 2.29. The van der Waals surface area contributed by atoms with E-state index in [1.807, 2.05) is 6.21 Å². The van der Waals surface area contributed by atoms with Crippen LogP contribution in [0.3, 0.4) is 0 Å². The zero-order valence-electron chi connectivity index (χ0n) is 8.16. The Morgan fingerprint density at radius 1 is 1.50 bits per heavy atom. The summed E-state index contributed by atoms with van der Waals surface area (Å²) in [6, 6.07) is 0. The van der Waals surface area contributed by atoms with E-state index in [4.69, 9.17) is 4.74 Å². The first-order chi connectivity index (χ1) is 6.84. The molecule has 0 radical (unpaired) electrons. The Hall–Kier alpha value is -0.350. The zero-order valence-corrected chi connectivity index (χ0v) is 9.74. The predicted octanol–water partition coefficient (Wildman–Crippen LogP) is 1.99. The normalized spacial score (nSPS) is 23.8. The van der Waals surface area contributed by atoms with Gasteiger partial charge in [0.25, 0.3) is 0 Å². The molecule has 1 saturated heterocycles. The van der Waals surface area contributed by atoms with Gasteiger partial charge in [-0.1, -0.05) is 0 Å². The minimum Gasteiger partial charge on any atom is -0.381 e. The van der Waals surface area contributed by atoms with Crippen molar-refractivity contribution in [3.63, 3.8) is 0 Å². The molecule has 0 amide bonds. The van der Waals surface area contributed by atoms with Crippen molar-refractivity contribution in [2.45, 2.75) is 12.8 Å². The highest BCUT2D eigenvalue weighted by molar-refractivity contribution is 9.11. The van der Waals surface area contributed by atoms with Gasteiger partial charge in [-0.25, -0.2) is 0 Å². The van der Waals surface area contributed by atoms with Gasteiger partial charge in [-0.3, -0.25) is 4.99 Å². The molecule has 0 aromatic heterocycles. The monoisotopic (exact) mass is 258 g/mol.